The predicted octanol–water partition coefficient (Wildman–Crippen LogP) is 8.30. The maximum atomic E-state index is 13.2. The number of methoxy groups -OCH3 is 1. The quantitative estimate of drug-likeness (QED) is 0.351. The van der Waals surface area contributed by atoms with Crippen LogP contribution >= 0.6 is 0 Å². The van der Waals surface area contributed by atoms with Gasteiger partial charge in [-0.3, -0.25) is 0 Å². The largest absolute Gasteiger partial charge is 0.496 e. The van der Waals surface area contributed by atoms with Gasteiger partial charge < -0.3 is 9.47 Å². The molecule has 0 spiro atoms. The summed E-state index contributed by atoms with van der Waals surface area (Å²) in [4.78, 5) is 0. The second kappa shape index (κ2) is 9.34. The van der Waals surface area contributed by atoms with E-state index in [9.17, 15) is 52.7 Å². The van der Waals surface area contributed by atoms with Crippen LogP contribution in [0.15, 0.2) is 36.4 Å². The zero-order valence-corrected chi connectivity index (χ0v) is 17.7. The van der Waals surface area contributed by atoms with E-state index in [1.54, 1.807) is 0 Å². The van der Waals surface area contributed by atoms with Crippen LogP contribution in [-0.2, 0) is 12.4 Å². The Bertz CT molecular complexity index is 986. The highest BCUT2D eigenvalue weighted by Crippen LogP contribution is 2.52. The standard InChI is InChI=1S/C21H16F12O2/c1-17(20(28,29)30,21(31,32)33)6-7-35-15-5-3-4-14(34-2)16(15)11-8-12(18(22,23)24)10-13(9-11)19(25,26)27/h3-5,8-10H,6-7H2,1-2H3. The third-order valence-electron chi connectivity index (χ3n) is 5.20. The van der Waals surface area contributed by atoms with Crippen molar-refractivity contribution in [3.63, 3.8) is 0 Å². The Morgan fingerprint density at radius 3 is 1.54 bits per heavy atom. The highest BCUT2D eigenvalue weighted by Gasteiger charge is 2.67. The molecule has 0 saturated carbocycles. The summed E-state index contributed by atoms with van der Waals surface area (Å²) in [6, 6.07) is 3.74. The van der Waals surface area contributed by atoms with E-state index >= 15 is 0 Å². The van der Waals surface area contributed by atoms with Gasteiger partial charge in [-0.15, -0.1) is 0 Å². The third kappa shape index (κ3) is 6.07. The molecule has 0 aliphatic rings. The molecule has 0 bridgehead atoms. The van der Waals surface area contributed by atoms with Gasteiger partial charge in [0.2, 0.25) is 0 Å². The number of alkyl halides is 12. The number of benzene rings is 2. The number of hydrogen-bond acceptors (Lipinski definition) is 2. The lowest BCUT2D eigenvalue weighted by atomic mass is 9.85. The zero-order valence-electron chi connectivity index (χ0n) is 17.7. The van der Waals surface area contributed by atoms with Crippen molar-refractivity contribution in [1.82, 2.24) is 0 Å². The molecule has 2 rings (SSSR count). The Balaban J connectivity index is 2.58. The lowest BCUT2D eigenvalue weighted by Gasteiger charge is -2.33. The fourth-order valence-electron chi connectivity index (χ4n) is 2.99. The van der Waals surface area contributed by atoms with Crippen molar-refractivity contribution in [3.8, 4) is 22.6 Å². The molecule has 0 unspecified atom stereocenters. The highest BCUT2D eigenvalue weighted by molar-refractivity contribution is 5.78. The van der Waals surface area contributed by atoms with Gasteiger partial charge in [-0.25, -0.2) is 0 Å². The van der Waals surface area contributed by atoms with E-state index in [2.05, 4.69) is 0 Å². The van der Waals surface area contributed by atoms with Crippen LogP contribution in [0, 0.1) is 5.41 Å². The van der Waals surface area contributed by atoms with Gasteiger partial charge in [-0.2, -0.15) is 52.7 Å². The molecule has 2 nitrogen and oxygen atoms in total. The molecule has 0 atom stereocenters. The van der Waals surface area contributed by atoms with Crippen LogP contribution in [0.1, 0.15) is 24.5 Å². The summed E-state index contributed by atoms with van der Waals surface area (Å²) in [7, 11) is 1.01. The van der Waals surface area contributed by atoms with E-state index in [-0.39, 0.29) is 18.7 Å². The Hall–Kier alpha value is -2.80. The average molecular weight is 528 g/mol. The number of ether oxygens (including phenoxy) is 2. The van der Waals surface area contributed by atoms with Crippen molar-refractivity contribution in [2.24, 2.45) is 5.41 Å². The Labute approximate surface area is 190 Å². The smallest absolute Gasteiger partial charge is 0.416 e. The summed E-state index contributed by atoms with van der Waals surface area (Å²) in [5.41, 5.74) is -8.82. The van der Waals surface area contributed by atoms with Crippen LogP contribution in [-0.4, -0.2) is 26.1 Å². The topological polar surface area (TPSA) is 18.5 Å². The van der Waals surface area contributed by atoms with Crippen molar-refractivity contribution in [2.75, 3.05) is 13.7 Å². The molecule has 0 aliphatic carbocycles. The second-order valence-corrected chi connectivity index (χ2v) is 7.55. The maximum absolute atomic E-state index is 13.2. The minimum absolute atomic E-state index is 0.0920. The zero-order chi connectivity index (χ0) is 27.0. The van der Waals surface area contributed by atoms with Crippen molar-refractivity contribution >= 4 is 0 Å². The number of rotatable bonds is 6. The van der Waals surface area contributed by atoms with Gasteiger partial charge in [0.15, 0.2) is 5.41 Å². The van der Waals surface area contributed by atoms with E-state index in [0.717, 1.165) is 25.3 Å². The lowest BCUT2D eigenvalue weighted by Crippen LogP contribution is -2.48. The van der Waals surface area contributed by atoms with Crippen molar-refractivity contribution in [3.05, 3.63) is 47.5 Å². The first-order valence-corrected chi connectivity index (χ1v) is 9.45. The van der Waals surface area contributed by atoms with Crippen LogP contribution in [0.5, 0.6) is 11.5 Å². The SMILES string of the molecule is COc1cccc(OCCC(C)(C(F)(F)F)C(F)(F)F)c1-c1cc(C(F)(F)F)cc(C(F)(F)F)c1. The van der Waals surface area contributed by atoms with Crippen LogP contribution < -0.4 is 9.47 Å². The summed E-state index contributed by atoms with van der Waals surface area (Å²) in [5.74, 6) is -0.909. The average Bonchev–Trinajstić information content (AvgIpc) is 2.70. The molecular weight excluding hydrogens is 512 g/mol. The molecule has 2 aromatic carbocycles. The summed E-state index contributed by atoms with van der Waals surface area (Å²) >= 11 is 0. The van der Waals surface area contributed by atoms with Gasteiger partial charge in [0.05, 0.1) is 30.4 Å². The molecule has 0 N–H and O–H groups in total. The van der Waals surface area contributed by atoms with Crippen LogP contribution in [0.25, 0.3) is 11.1 Å². The molecule has 14 heteroatoms. The lowest BCUT2D eigenvalue weighted by molar-refractivity contribution is -0.337. The van der Waals surface area contributed by atoms with Crippen molar-refractivity contribution in [1.29, 1.82) is 0 Å². The van der Waals surface area contributed by atoms with E-state index < -0.39 is 71.2 Å². The van der Waals surface area contributed by atoms with E-state index in [1.807, 2.05) is 0 Å². The maximum Gasteiger partial charge on any atom is 0.416 e. The van der Waals surface area contributed by atoms with Gasteiger partial charge in [-0.1, -0.05) is 6.07 Å². The summed E-state index contributed by atoms with van der Waals surface area (Å²) in [5, 5.41) is 0. The molecule has 0 amide bonds. The third-order valence-corrected chi connectivity index (χ3v) is 5.20. The molecule has 0 aliphatic heterocycles. The van der Waals surface area contributed by atoms with Gasteiger partial charge in [0.25, 0.3) is 0 Å². The summed E-state index contributed by atoms with van der Waals surface area (Å²) in [6.45, 7) is -1.31. The molecule has 0 heterocycles. The Kier molecular flexibility index (Phi) is 7.59. The van der Waals surface area contributed by atoms with Gasteiger partial charge in [0, 0.05) is 6.42 Å². The highest BCUT2D eigenvalue weighted by atomic mass is 19.4. The molecule has 196 valence electrons. The second-order valence-electron chi connectivity index (χ2n) is 7.55. The predicted molar refractivity (Wildman–Crippen MR) is 98.8 cm³/mol. The van der Waals surface area contributed by atoms with Gasteiger partial charge >= 0.3 is 24.7 Å². The normalized spacial score (nSPS) is 13.7. The Morgan fingerprint density at radius 2 is 1.14 bits per heavy atom. The van der Waals surface area contributed by atoms with E-state index in [1.165, 1.54) is 0 Å². The molecule has 0 radical (unpaired) electrons. The monoisotopic (exact) mass is 528 g/mol. The molecule has 0 fully saturated rings. The van der Waals surface area contributed by atoms with Crippen LogP contribution in [0.3, 0.4) is 0 Å². The molecular formula is C21H16F12O2. The first kappa shape index (κ1) is 28.4. The van der Waals surface area contributed by atoms with Gasteiger partial charge in [0.1, 0.15) is 11.5 Å². The van der Waals surface area contributed by atoms with Crippen LogP contribution in [0.4, 0.5) is 52.7 Å². The number of hydrogen-bond donors (Lipinski definition) is 0. The minimum atomic E-state index is -5.71. The minimum Gasteiger partial charge on any atom is -0.496 e. The van der Waals surface area contributed by atoms with Crippen LogP contribution in [0.2, 0.25) is 0 Å². The molecule has 0 aromatic heterocycles. The number of halogens is 12. The summed E-state index contributed by atoms with van der Waals surface area (Å²) < 4.78 is 168. The van der Waals surface area contributed by atoms with E-state index in [4.69, 9.17) is 9.47 Å². The van der Waals surface area contributed by atoms with E-state index in [0.29, 0.717) is 12.1 Å². The first-order chi connectivity index (χ1) is 15.7. The fraction of sp³-hybridized carbons (Fsp3) is 0.429. The summed E-state index contributed by atoms with van der Waals surface area (Å²) in [6.07, 6.45) is -23.5. The van der Waals surface area contributed by atoms with Crippen molar-refractivity contribution < 1.29 is 62.2 Å². The first-order valence-electron chi connectivity index (χ1n) is 9.45. The van der Waals surface area contributed by atoms with Gasteiger partial charge in [-0.05, 0) is 42.8 Å². The molecule has 35 heavy (non-hydrogen) atoms. The van der Waals surface area contributed by atoms with Crippen molar-refractivity contribution in [2.45, 2.75) is 38.0 Å². The Morgan fingerprint density at radius 1 is 0.686 bits per heavy atom. The molecule has 0 saturated heterocycles. The fourth-order valence-corrected chi connectivity index (χ4v) is 2.99. The molecule has 2 aromatic rings.